The van der Waals surface area contributed by atoms with Crippen molar-refractivity contribution in [2.75, 3.05) is 13.6 Å². The molecule has 1 aliphatic carbocycles. The minimum atomic E-state index is -0.884. The van der Waals surface area contributed by atoms with E-state index in [1.165, 1.54) is 4.90 Å². The van der Waals surface area contributed by atoms with Crippen LogP contribution in [-0.2, 0) is 16.1 Å². The van der Waals surface area contributed by atoms with Crippen molar-refractivity contribution in [2.45, 2.75) is 31.8 Å². The summed E-state index contributed by atoms with van der Waals surface area (Å²) in [5.41, 5.74) is -0.00179. The fraction of sp³-hybridized carbons (Fsp3) is 0.381. The lowest BCUT2D eigenvalue weighted by atomic mass is 9.96. The Bertz CT molecular complexity index is 967. The standard InChI is InChI=1S/C21H22ClN3O4/c1-21(14-5-6-14)19(27)25(20(28)23-21)12-18(26)24(2)11-16-9-10-17(29-16)13-3-7-15(22)8-4-13/h3-4,7-10,14H,5-6,11-12H2,1-2H3,(H,23,28)/t21-/m1/s1. The van der Waals surface area contributed by atoms with Crippen LogP contribution < -0.4 is 5.32 Å². The van der Waals surface area contributed by atoms with Crippen LogP contribution in [0.2, 0.25) is 5.02 Å². The third-order valence-corrected chi connectivity index (χ3v) is 5.85. The quantitative estimate of drug-likeness (QED) is 0.734. The number of urea groups is 1. The van der Waals surface area contributed by atoms with E-state index in [4.69, 9.17) is 16.0 Å². The number of nitrogens with one attached hydrogen (secondary N) is 1. The maximum Gasteiger partial charge on any atom is 0.325 e. The fourth-order valence-corrected chi connectivity index (χ4v) is 3.73. The molecule has 2 fully saturated rings. The van der Waals surface area contributed by atoms with Crippen molar-refractivity contribution in [3.63, 3.8) is 0 Å². The van der Waals surface area contributed by atoms with Gasteiger partial charge in [0, 0.05) is 17.6 Å². The van der Waals surface area contributed by atoms with Crippen LogP contribution >= 0.6 is 11.6 Å². The average Bonchev–Trinajstić information content (AvgIpc) is 3.41. The second-order valence-corrected chi connectivity index (χ2v) is 8.26. The molecule has 1 aliphatic heterocycles. The Morgan fingerprint density at radius 3 is 2.59 bits per heavy atom. The predicted octanol–water partition coefficient (Wildman–Crippen LogP) is 3.28. The molecule has 0 bridgehead atoms. The van der Waals surface area contributed by atoms with E-state index in [-0.39, 0.29) is 30.8 Å². The number of hydrogen-bond donors (Lipinski definition) is 1. The number of amides is 4. The number of hydrogen-bond acceptors (Lipinski definition) is 4. The van der Waals surface area contributed by atoms with E-state index in [0.29, 0.717) is 16.5 Å². The summed E-state index contributed by atoms with van der Waals surface area (Å²) in [4.78, 5) is 39.9. The van der Waals surface area contributed by atoms with Crippen LogP contribution in [0.4, 0.5) is 4.79 Å². The molecule has 1 N–H and O–H groups in total. The molecule has 1 atom stereocenters. The molecule has 2 aromatic rings. The molecular formula is C21H22ClN3O4. The number of rotatable bonds is 6. The summed E-state index contributed by atoms with van der Waals surface area (Å²) in [6, 6.07) is 10.4. The Labute approximate surface area is 173 Å². The first-order valence-corrected chi connectivity index (χ1v) is 9.88. The Morgan fingerprint density at radius 1 is 1.24 bits per heavy atom. The summed E-state index contributed by atoms with van der Waals surface area (Å²) in [5, 5.41) is 3.39. The van der Waals surface area contributed by atoms with Crippen LogP contribution in [-0.4, -0.2) is 46.8 Å². The normalized spacial score (nSPS) is 21.4. The lowest BCUT2D eigenvalue weighted by molar-refractivity contribution is -0.138. The van der Waals surface area contributed by atoms with Gasteiger partial charge in [-0.1, -0.05) is 11.6 Å². The SMILES string of the molecule is CN(Cc1ccc(-c2ccc(Cl)cc2)o1)C(=O)CN1C(=O)N[C@](C)(C2CC2)C1=O. The highest BCUT2D eigenvalue weighted by atomic mass is 35.5. The van der Waals surface area contributed by atoms with E-state index >= 15 is 0 Å². The second kappa shape index (κ2) is 7.22. The zero-order valence-corrected chi connectivity index (χ0v) is 17.0. The lowest BCUT2D eigenvalue weighted by Gasteiger charge is -2.22. The number of carbonyl (C=O) groups is 3. The first kappa shape index (κ1) is 19.5. The predicted molar refractivity (Wildman–Crippen MR) is 107 cm³/mol. The third kappa shape index (κ3) is 3.74. The van der Waals surface area contributed by atoms with E-state index in [9.17, 15) is 14.4 Å². The maximum atomic E-state index is 12.7. The molecule has 0 spiro atoms. The van der Waals surface area contributed by atoms with Gasteiger partial charge < -0.3 is 14.6 Å². The number of likely N-dealkylation sites (N-methyl/N-ethyl adjacent to an activating group) is 1. The highest BCUT2D eigenvalue weighted by Crippen LogP contribution is 2.42. The van der Waals surface area contributed by atoms with E-state index in [2.05, 4.69) is 5.32 Å². The van der Waals surface area contributed by atoms with Gasteiger partial charge in [-0.25, -0.2) is 4.79 Å². The molecule has 4 amide bonds. The molecule has 1 aromatic heterocycles. The lowest BCUT2D eigenvalue weighted by Crippen LogP contribution is -2.47. The fourth-order valence-electron chi connectivity index (χ4n) is 3.61. The average molecular weight is 416 g/mol. The van der Waals surface area contributed by atoms with Gasteiger partial charge in [-0.15, -0.1) is 0 Å². The van der Waals surface area contributed by atoms with Gasteiger partial charge in [0.25, 0.3) is 5.91 Å². The zero-order chi connectivity index (χ0) is 20.8. The molecule has 7 nitrogen and oxygen atoms in total. The maximum absolute atomic E-state index is 12.7. The molecule has 0 unspecified atom stereocenters. The van der Waals surface area contributed by atoms with Crippen molar-refractivity contribution in [3.05, 3.63) is 47.2 Å². The minimum absolute atomic E-state index is 0.159. The molecular weight excluding hydrogens is 394 g/mol. The molecule has 1 saturated heterocycles. The molecule has 152 valence electrons. The van der Waals surface area contributed by atoms with E-state index in [0.717, 1.165) is 23.3 Å². The molecule has 29 heavy (non-hydrogen) atoms. The van der Waals surface area contributed by atoms with Gasteiger partial charge in [-0.05, 0) is 62.1 Å². The molecule has 1 aromatic carbocycles. The van der Waals surface area contributed by atoms with Crippen molar-refractivity contribution in [1.29, 1.82) is 0 Å². The zero-order valence-electron chi connectivity index (χ0n) is 16.3. The van der Waals surface area contributed by atoms with E-state index in [1.54, 1.807) is 32.2 Å². The third-order valence-electron chi connectivity index (χ3n) is 5.60. The Kier molecular flexibility index (Phi) is 4.86. The van der Waals surface area contributed by atoms with Gasteiger partial charge in [-0.3, -0.25) is 14.5 Å². The largest absolute Gasteiger partial charge is 0.459 e. The molecule has 2 aliphatic rings. The topological polar surface area (TPSA) is 82.9 Å². The molecule has 1 saturated carbocycles. The number of carbonyl (C=O) groups excluding carboxylic acids is 3. The Hall–Kier alpha value is -2.80. The summed E-state index contributed by atoms with van der Waals surface area (Å²) in [7, 11) is 1.62. The van der Waals surface area contributed by atoms with Crippen LogP contribution in [0.15, 0.2) is 40.8 Å². The van der Waals surface area contributed by atoms with Crippen molar-refractivity contribution >= 4 is 29.4 Å². The summed E-state index contributed by atoms with van der Waals surface area (Å²) in [5.74, 6) is 0.775. The van der Waals surface area contributed by atoms with Gasteiger partial charge in [-0.2, -0.15) is 0 Å². The number of benzene rings is 1. The van der Waals surface area contributed by atoms with E-state index in [1.807, 2.05) is 18.2 Å². The van der Waals surface area contributed by atoms with Gasteiger partial charge in [0.2, 0.25) is 5.91 Å². The Morgan fingerprint density at radius 2 is 1.93 bits per heavy atom. The molecule has 0 radical (unpaired) electrons. The van der Waals surface area contributed by atoms with E-state index < -0.39 is 11.6 Å². The van der Waals surface area contributed by atoms with Crippen LogP contribution in [0.5, 0.6) is 0 Å². The summed E-state index contributed by atoms with van der Waals surface area (Å²) in [6.07, 6.45) is 1.83. The first-order valence-electron chi connectivity index (χ1n) is 9.50. The number of halogens is 1. The molecule has 8 heteroatoms. The number of furan rings is 1. The van der Waals surface area contributed by atoms with Gasteiger partial charge in [0.05, 0.1) is 6.54 Å². The van der Waals surface area contributed by atoms with Crippen LogP contribution in [0.3, 0.4) is 0 Å². The van der Waals surface area contributed by atoms with Gasteiger partial charge in [0.15, 0.2) is 0 Å². The van der Waals surface area contributed by atoms with Crippen LogP contribution in [0, 0.1) is 5.92 Å². The summed E-state index contributed by atoms with van der Waals surface area (Å²) < 4.78 is 5.82. The summed E-state index contributed by atoms with van der Waals surface area (Å²) >= 11 is 5.91. The van der Waals surface area contributed by atoms with Crippen LogP contribution in [0.1, 0.15) is 25.5 Å². The molecule has 2 heterocycles. The van der Waals surface area contributed by atoms with Crippen molar-refractivity contribution in [2.24, 2.45) is 5.92 Å². The number of imide groups is 1. The van der Waals surface area contributed by atoms with Gasteiger partial charge in [0.1, 0.15) is 23.6 Å². The summed E-state index contributed by atoms with van der Waals surface area (Å²) in [6.45, 7) is 1.68. The first-order chi connectivity index (χ1) is 13.8. The second-order valence-electron chi connectivity index (χ2n) is 7.82. The highest BCUT2D eigenvalue weighted by molar-refractivity contribution is 6.30. The van der Waals surface area contributed by atoms with Crippen molar-refractivity contribution in [3.8, 4) is 11.3 Å². The van der Waals surface area contributed by atoms with Crippen molar-refractivity contribution < 1.29 is 18.8 Å². The number of nitrogens with zero attached hydrogens (tertiary/aromatic N) is 2. The molecule has 4 rings (SSSR count). The monoisotopic (exact) mass is 415 g/mol. The minimum Gasteiger partial charge on any atom is -0.459 e. The highest BCUT2D eigenvalue weighted by Gasteiger charge is 2.56. The van der Waals surface area contributed by atoms with Crippen molar-refractivity contribution in [1.82, 2.24) is 15.1 Å². The Balaban J connectivity index is 1.38. The van der Waals surface area contributed by atoms with Gasteiger partial charge >= 0.3 is 6.03 Å². The van der Waals surface area contributed by atoms with Crippen LogP contribution in [0.25, 0.3) is 11.3 Å². The smallest absolute Gasteiger partial charge is 0.325 e.